The Balaban J connectivity index is 0.919. The van der Waals surface area contributed by atoms with Gasteiger partial charge in [-0.2, -0.15) is 33.7 Å². The predicted molar refractivity (Wildman–Crippen MR) is 275 cm³/mol. The molecule has 8 aromatic rings. The number of hydrogen-bond acceptors (Lipinski definition) is 13. The van der Waals surface area contributed by atoms with E-state index in [-0.39, 0.29) is 55.4 Å². The number of aromatic nitrogens is 2. The lowest BCUT2D eigenvalue weighted by Gasteiger charge is -2.13. The largest absolute Gasteiger partial charge is 0.344 e. The average Bonchev–Trinajstić information content (AvgIpc) is 4.04. The Kier molecular flexibility index (Phi) is 14.6. The van der Waals surface area contributed by atoms with Crippen molar-refractivity contribution in [3.63, 3.8) is 0 Å². The summed E-state index contributed by atoms with van der Waals surface area (Å²) in [7, 11) is -17.3. The average molecular weight is 1150 g/mol. The second-order valence-electron chi connectivity index (χ2n) is 16.7. The summed E-state index contributed by atoms with van der Waals surface area (Å²) in [6, 6.07) is 17.2. The molecule has 0 spiro atoms. The first-order valence-corrected chi connectivity index (χ1v) is 27.4. The summed E-state index contributed by atoms with van der Waals surface area (Å²) in [6.45, 7) is 0. The first-order chi connectivity index (χ1) is 36.4. The molecule has 78 heavy (non-hydrogen) atoms. The molecule has 0 atom stereocenters. The molecule has 0 saturated heterocycles. The topological polar surface area (TPSA) is 385 Å². The van der Waals surface area contributed by atoms with Crippen LogP contribution in [0, 0.1) is 11.6 Å². The van der Waals surface area contributed by atoms with Crippen LogP contribution in [-0.2, 0) is 54.6 Å². The molecule has 0 unspecified atom stereocenters. The van der Waals surface area contributed by atoms with Crippen molar-refractivity contribution in [3.8, 4) is 0 Å². The number of nitrogens with zero attached hydrogens (tertiary/aromatic N) is 2. The van der Waals surface area contributed by atoms with Gasteiger partial charge in [0.05, 0.1) is 34.1 Å². The number of hydrogen-bond donors (Lipinski definition) is 10. The number of halogens is 2. The van der Waals surface area contributed by atoms with E-state index >= 15 is 8.78 Å². The van der Waals surface area contributed by atoms with Crippen LogP contribution in [-0.4, -0.2) is 90.7 Å². The first kappa shape index (κ1) is 55.3. The molecule has 0 radical (unpaired) electrons. The minimum atomic E-state index is -5.15. The highest BCUT2D eigenvalue weighted by Gasteiger charge is 2.28. The van der Waals surface area contributed by atoms with Crippen molar-refractivity contribution in [1.29, 1.82) is 0 Å². The third kappa shape index (κ3) is 11.6. The van der Waals surface area contributed by atoms with E-state index in [2.05, 4.69) is 31.9 Å². The molecule has 2 aromatic heterocycles. The number of carbonyl (C=O) groups excluding carboxylic acids is 5. The van der Waals surface area contributed by atoms with Crippen molar-refractivity contribution in [2.45, 2.75) is 19.6 Å². The van der Waals surface area contributed by atoms with E-state index in [4.69, 9.17) is 0 Å². The zero-order valence-electron chi connectivity index (χ0n) is 39.4. The van der Waals surface area contributed by atoms with Crippen LogP contribution in [0.5, 0.6) is 0 Å². The Morgan fingerprint density at radius 3 is 1.13 bits per heavy atom. The SMILES string of the molecule is Cn1cc(NC(=O)c2ccc(F)c(NC(=O)Nc3cc(C(=O)Nc4cc(C(=O)Nc5ccc6c(S(=O)(=O)O)cccc6c5S(=O)(=O)O)n(C)c4)ccc3F)c2)cc1C(=O)Nc1ccc2c(S(=O)(=O)O)cccc2c1S(=O)(=O)O. The van der Waals surface area contributed by atoms with E-state index in [0.717, 1.165) is 109 Å². The van der Waals surface area contributed by atoms with E-state index in [9.17, 15) is 75.9 Å². The molecule has 25 nitrogen and oxygen atoms in total. The van der Waals surface area contributed by atoms with Crippen molar-refractivity contribution in [2.75, 3.05) is 31.9 Å². The molecule has 6 aromatic carbocycles. The van der Waals surface area contributed by atoms with Crippen LogP contribution in [0.2, 0.25) is 0 Å². The van der Waals surface area contributed by atoms with Crippen molar-refractivity contribution >= 4 is 126 Å². The molecular formula is C47H36F2N8O17S4. The minimum absolute atomic E-state index is 0.0232. The van der Waals surface area contributed by atoms with Gasteiger partial charge in [0, 0.05) is 59.2 Å². The fourth-order valence-electron chi connectivity index (χ4n) is 8.10. The van der Waals surface area contributed by atoms with Gasteiger partial charge < -0.3 is 41.0 Å². The number of amides is 6. The quantitative estimate of drug-likeness (QED) is 0.0513. The molecule has 0 aliphatic carbocycles. The lowest BCUT2D eigenvalue weighted by Crippen LogP contribution is -2.22. The zero-order valence-corrected chi connectivity index (χ0v) is 42.7. The summed E-state index contributed by atoms with van der Waals surface area (Å²) in [6.07, 6.45) is 2.53. The van der Waals surface area contributed by atoms with Crippen LogP contribution in [0.25, 0.3) is 21.5 Å². The van der Waals surface area contributed by atoms with Crippen molar-refractivity contribution in [3.05, 3.63) is 156 Å². The summed E-state index contributed by atoms with van der Waals surface area (Å²) in [4.78, 5) is 63.5. The third-order valence-electron chi connectivity index (χ3n) is 11.5. The highest BCUT2D eigenvalue weighted by Crippen LogP contribution is 2.36. The van der Waals surface area contributed by atoms with Gasteiger partial charge in [-0.1, -0.05) is 36.4 Å². The van der Waals surface area contributed by atoms with Gasteiger partial charge in [0.2, 0.25) is 0 Å². The Morgan fingerprint density at radius 2 is 0.782 bits per heavy atom. The van der Waals surface area contributed by atoms with Crippen molar-refractivity contribution in [1.82, 2.24) is 9.13 Å². The van der Waals surface area contributed by atoms with Gasteiger partial charge in [0.25, 0.3) is 64.1 Å². The second-order valence-corrected chi connectivity index (χ2v) is 22.2. The number of benzene rings is 6. The third-order valence-corrected chi connectivity index (χ3v) is 15.2. The van der Waals surface area contributed by atoms with E-state index in [1.165, 1.54) is 35.6 Å². The van der Waals surface area contributed by atoms with Crippen LogP contribution in [0.3, 0.4) is 0 Å². The van der Waals surface area contributed by atoms with Crippen LogP contribution in [0.4, 0.5) is 47.7 Å². The maximum absolute atomic E-state index is 15.0. The van der Waals surface area contributed by atoms with Gasteiger partial charge >= 0.3 is 6.03 Å². The van der Waals surface area contributed by atoms with Gasteiger partial charge in [-0.15, -0.1) is 0 Å². The second kappa shape index (κ2) is 20.5. The summed E-state index contributed by atoms with van der Waals surface area (Å²) >= 11 is 0. The van der Waals surface area contributed by atoms with Gasteiger partial charge in [-0.3, -0.25) is 37.4 Å². The van der Waals surface area contributed by atoms with E-state index in [1.807, 2.05) is 0 Å². The van der Waals surface area contributed by atoms with Crippen molar-refractivity contribution < 1.29 is 84.6 Å². The predicted octanol–water partition coefficient (Wildman–Crippen LogP) is 6.59. The van der Waals surface area contributed by atoms with Gasteiger partial charge in [0.15, 0.2) is 0 Å². The molecule has 31 heteroatoms. The molecule has 10 N–H and O–H groups in total. The molecular weight excluding hydrogens is 1110 g/mol. The monoisotopic (exact) mass is 1150 g/mol. The zero-order chi connectivity index (χ0) is 57.0. The lowest BCUT2D eigenvalue weighted by atomic mass is 10.1. The van der Waals surface area contributed by atoms with Crippen LogP contribution in [0.1, 0.15) is 41.7 Å². The lowest BCUT2D eigenvalue weighted by molar-refractivity contribution is 0.101. The number of aryl methyl sites for hydroxylation is 2. The Hall–Kier alpha value is -8.95. The maximum atomic E-state index is 15.0. The normalized spacial score (nSPS) is 12.0. The number of urea groups is 1. The summed E-state index contributed by atoms with van der Waals surface area (Å²) < 4.78 is 170. The number of nitrogens with one attached hydrogen (secondary N) is 6. The molecule has 8 rings (SSSR count). The van der Waals surface area contributed by atoms with Crippen molar-refractivity contribution in [2.24, 2.45) is 14.1 Å². The molecule has 2 heterocycles. The van der Waals surface area contributed by atoms with Gasteiger partial charge in [0.1, 0.15) is 42.6 Å². The highest BCUT2D eigenvalue weighted by atomic mass is 32.2. The Morgan fingerprint density at radius 1 is 0.410 bits per heavy atom. The van der Waals surface area contributed by atoms with E-state index < -0.39 is 124 Å². The molecule has 0 saturated carbocycles. The Labute approximate surface area is 438 Å². The first-order valence-electron chi connectivity index (χ1n) is 21.7. The molecule has 404 valence electrons. The fourth-order valence-corrected chi connectivity index (χ4v) is 11.2. The van der Waals surface area contributed by atoms with Gasteiger partial charge in [-0.25, -0.2) is 13.6 Å². The minimum Gasteiger partial charge on any atom is -0.344 e. The number of anilines is 6. The molecule has 6 amide bonds. The summed E-state index contributed by atoms with van der Waals surface area (Å²) in [5.74, 6) is -5.87. The van der Waals surface area contributed by atoms with Crippen LogP contribution >= 0.6 is 0 Å². The summed E-state index contributed by atoms with van der Waals surface area (Å²) in [5, 5.41) is 12.5. The fraction of sp³-hybridized carbons (Fsp3) is 0.0426. The maximum Gasteiger partial charge on any atom is 0.323 e. The smallest absolute Gasteiger partial charge is 0.323 e. The van der Waals surface area contributed by atoms with Crippen LogP contribution in [0.15, 0.2) is 141 Å². The molecule has 0 aliphatic rings. The van der Waals surface area contributed by atoms with Crippen LogP contribution < -0.4 is 31.9 Å². The Bertz CT molecular complexity index is 4120. The number of rotatable bonds is 14. The highest BCUT2D eigenvalue weighted by molar-refractivity contribution is 7.87. The molecule has 0 aliphatic heterocycles. The van der Waals surface area contributed by atoms with Gasteiger partial charge in [-0.05, 0) is 72.8 Å². The van der Waals surface area contributed by atoms with E-state index in [1.54, 1.807) is 0 Å². The molecule has 0 fully saturated rings. The standard InChI is InChI=1S/C47H36F2N8O17S4/c1-56-21-25(19-37(56)45(60)52-33-15-11-27-29(41(33)77(69,70)71)5-3-7-39(27)75(63,64)65)50-43(58)23-9-13-31(48)35(17-23)54-47(62)55-36-18-24(10-14-32(36)49)44(59)51-26-20-38(57(2)22-26)46(61)53-34-16-12-28-30(42(34)78(72,73)74)6-4-8-40(28)76(66,67)68/h3-22H,1-2H3,(H,50,58)(H,51,59)(H,52,60)(H,53,61)(H2,54,55,62)(H,63,64,65)(H,66,67,68)(H,69,70,71)(H,72,73,74). The summed E-state index contributed by atoms with van der Waals surface area (Å²) in [5.41, 5.74) is -3.06. The number of carbonyl (C=O) groups is 5. The number of fused-ring (bicyclic) bond motifs is 2. The van der Waals surface area contributed by atoms with E-state index in [0.29, 0.717) is 0 Å². The molecule has 0 bridgehead atoms.